The van der Waals surface area contributed by atoms with Gasteiger partial charge >= 0.3 is 5.97 Å². The van der Waals surface area contributed by atoms with Crippen molar-refractivity contribution < 1.29 is 9.53 Å². The van der Waals surface area contributed by atoms with E-state index in [-0.39, 0.29) is 11.7 Å². The van der Waals surface area contributed by atoms with Gasteiger partial charge in [0, 0.05) is 5.56 Å². The molecule has 1 aromatic carbocycles. The lowest BCUT2D eigenvalue weighted by atomic mass is 10.2. The summed E-state index contributed by atoms with van der Waals surface area (Å²) in [5.74, 6) is 0.0759. The molecule has 6 heteroatoms. The first-order chi connectivity index (χ1) is 9.29. The Labute approximate surface area is 120 Å². The van der Waals surface area contributed by atoms with E-state index in [9.17, 15) is 4.79 Å². The molecule has 1 heterocycles. The highest BCUT2D eigenvalue weighted by atomic mass is 32.2. The summed E-state index contributed by atoms with van der Waals surface area (Å²) in [6.45, 7) is 2.45. The summed E-state index contributed by atoms with van der Waals surface area (Å²) in [6, 6.07) is 9.87. The van der Waals surface area contributed by atoms with E-state index in [1.165, 1.54) is 23.1 Å². The van der Waals surface area contributed by atoms with Gasteiger partial charge in [0.15, 0.2) is 4.34 Å². The summed E-state index contributed by atoms with van der Waals surface area (Å²) >= 11 is 2.85. The summed E-state index contributed by atoms with van der Waals surface area (Å²) < 4.78 is 5.79. The van der Waals surface area contributed by atoms with Crippen LogP contribution in [0.3, 0.4) is 0 Å². The first-order valence-corrected chi connectivity index (χ1v) is 7.77. The number of carbonyl (C=O) groups excluding carboxylic acids is 1. The van der Waals surface area contributed by atoms with Crippen molar-refractivity contribution in [3.05, 3.63) is 30.3 Å². The van der Waals surface area contributed by atoms with Crippen LogP contribution < -0.4 is 0 Å². The summed E-state index contributed by atoms with van der Waals surface area (Å²) in [5, 5.41) is 9.06. The maximum atomic E-state index is 11.4. The molecule has 19 heavy (non-hydrogen) atoms. The number of benzene rings is 1. The van der Waals surface area contributed by atoms with E-state index in [4.69, 9.17) is 4.74 Å². The Kier molecular flexibility index (Phi) is 5.35. The molecule has 4 nitrogen and oxygen atoms in total. The zero-order chi connectivity index (χ0) is 13.5. The van der Waals surface area contributed by atoms with Gasteiger partial charge in [-0.05, 0) is 6.42 Å². The summed E-state index contributed by atoms with van der Waals surface area (Å²) in [7, 11) is 0. The van der Waals surface area contributed by atoms with E-state index in [0.29, 0.717) is 6.61 Å². The van der Waals surface area contributed by atoms with Crippen molar-refractivity contribution in [1.29, 1.82) is 0 Å². The van der Waals surface area contributed by atoms with Gasteiger partial charge in [-0.1, -0.05) is 60.4 Å². The minimum atomic E-state index is -0.205. The minimum absolute atomic E-state index is 0.205. The molecule has 0 aliphatic rings. The van der Waals surface area contributed by atoms with Crippen LogP contribution in [-0.4, -0.2) is 28.5 Å². The molecule has 0 atom stereocenters. The first kappa shape index (κ1) is 14.0. The van der Waals surface area contributed by atoms with Crippen molar-refractivity contribution in [2.45, 2.75) is 17.7 Å². The highest BCUT2D eigenvalue weighted by Gasteiger charge is 2.09. The topological polar surface area (TPSA) is 52.1 Å². The number of thioether (sulfide) groups is 1. The van der Waals surface area contributed by atoms with Gasteiger partial charge in [-0.25, -0.2) is 0 Å². The van der Waals surface area contributed by atoms with Crippen LogP contribution in [0.25, 0.3) is 10.6 Å². The molecule has 0 aliphatic carbocycles. The molecule has 0 aliphatic heterocycles. The molecular weight excluding hydrogens is 280 g/mol. The Bertz CT molecular complexity index is 528. The molecule has 100 valence electrons. The van der Waals surface area contributed by atoms with Crippen LogP contribution in [0.4, 0.5) is 0 Å². The summed E-state index contributed by atoms with van der Waals surface area (Å²) in [5.41, 5.74) is 1.04. The van der Waals surface area contributed by atoms with Crippen molar-refractivity contribution in [3.8, 4) is 10.6 Å². The van der Waals surface area contributed by atoms with Crippen molar-refractivity contribution >= 4 is 29.1 Å². The van der Waals surface area contributed by atoms with Crippen LogP contribution in [0.1, 0.15) is 13.3 Å². The molecule has 0 unspecified atom stereocenters. The van der Waals surface area contributed by atoms with E-state index in [1.807, 2.05) is 37.3 Å². The quantitative estimate of drug-likeness (QED) is 0.604. The first-order valence-electron chi connectivity index (χ1n) is 5.97. The third kappa shape index (κ3) is 4.33. The van der Waals surface area contributed by atoms with E-state index in [0.717, 1.165) is 21.3 Å². The van der Waals surface area contributed by atoms with E-state index >= 15 is 0 Å². The van der Waals surface area contributed by atoms with Gasteiger partial charge in [0.25, 0.3) is 0 Å². The fourth-order valence-corrected chi connectivity index (χ4v) is 3.00. The molecule has 0 fully saturated rings. The molecule has 1 aromatic heterocycles. The number of rotatable bonds is 6. The third-order valence-corrected chi connectivity index (χ3v) is 4.29. The number of hydrogen-bond donors (Lipinski definition) is 0. The predicted molar refractivity (Wildman–Crippen MR) is 77.3 cm³/mol. The molecule has 0 bridgehead atoms. The normalized spacial score (nSPS) is 10.4. The van der Waals surface area contributed by atoms with Gasteiger partial charge in [-0.15, -0.1) is 10.2 Å². The van der Waals surface area contributed by atoms with Crippen LogP contribution in [0.5, 0.6) is 0 Å². The second-order valence-corrected chi connectivity index (χ2v) is 5.95. The van der Waals surface area contributed by atoms with Gasteiger partial charge in [0.1, 0.15) is 5.01 Å². The lowest BCUT2D eigenvalue weighted by Crippen LogP contribution is -2.07. The Morgan fingerprint density at radius 2 is 2.11 bits per heavy atom. The van der Waals surface area contributed by atoms with Crippen LogP contribution >= 0.6 is 23.1 Å². The van der Waals surface area contributed by atoms with Gasteiger partial charge in [-0.3, -0.25) is 4.79 Å². The number of hydrogen-bond acceptors (Lipinski definition) is 6. The van der Waals surface area contributed by atoms with E-state index in [2.05, 4.69) is 10.2 Å². The maximum Gasteiger partial charge on any atom is 0.316 e. The molecular formula is C13H14N2O2S2. The lowest BCUT2D eigenvalue weighted by Gasteiger charge is -2.00. The molecule has 0 spiro atoms. The predicted octanol–water partition coefficient (Wildman–Crippen LogP) is 3.25. The zero-order valence-electron chi connectivity index (χ0n) is 10.5. The molecule has 2 aromatic rings. The Balaban J connectivity index is 1.90. The van der Waals surface area contributed by atoms with Crippen molar-refractivity contribution in [2.75, 3.05) is 12.4 Å². The summed E-state index contributed by atoms with van der Waals surface area (Å²) in [6.07, 6.45) is 0.841. The average molecular weight is 294 g/mol. The van der Waals surface area contributed by atoms with Crippen molar-refractivity contribution in [1.82, 2.24) is 10.2 Å². The van der Waals surface area contributed by atoms with Crippen LogP contribution in [0, 0.1) is 0 Å². The second kappa shape index (κ2) is 7.25. The highest BCUT2D eigenvalue weighted by Crippen LogP contribution is 2.28. The monoisotopic (exact) mass is 294 g/mol. The fourth-order valence-electron chi connectivity index (χ4n) is 1.34. The third-order valence-electron chi connectivity index (χ3n) is 2.21. The molecule has 0 amide bonds. The standard InChI is InChI=1S/C13H14N2O2S2/c1-2-8-17-11(16)9-18-13-15-14-12(19-13)10-6-4-3-5-7-10/h3-7H,2,8-9H2,1H3. The van der Waals surface area contributed by atoms with E-state index < -0.39 is 0 Å². The number of nitrogens with zero attached hydrogens (tertiary/aromatic N) is 2. The number of carbonyl (C=O) groups is 1. The zero-order valence-corrected chi connectivity index (χ0v) is 12.2. The smallest absolute Gasteiger partial charge is 0.316 e. The largest absolute Gasteiger partial charge is 0.465 e. The van der Waals surface area contributed by atoms with Crippen LogP contribution in [-0.2, 0) is 9.53 Å². The average Bonchev–Trinajstić information content (AvgIpc) is 2.93. The Hall–Kier alpha value is -1.40. The molecule has 0 radical (unpaired) electrons. The van der Waals surface area contributed by atoms with Gasteiger partial charge in [-0.2, -0.15) is 0 Å². The van der Waals surface area contributed by atoms with Crippen molar-refractivity contribution in [2.24, 2.45) is 0 Å². The maximum absolute atomic E-state index is 11.4. The fraction of sp³-hybridized carbons (Fsp3) is 0.308. The van der Waals surface area contributed by atoms with Gasteiger partial charge in [0.05, 0.1) is 12.4 Å². The number of esters is 1. The Morgan fingerprint density at radius 3 is 2.84 bits per heavy atom. The molecule has 0 N–H and O–H groups in total. The molecule has 0 saturated heterocycles. The van der Waals surface area contributed by atoms with Gasteiger partial charge < -0.3 is 4.74 Å². The van der Waals surface area contributed by atoms with E-state index in [1.54, 1.807) is 0 Å². The highest BCUT2D eigenvalue weighted by molar-refractivity contribution is 8.01. The van der Waals surface area contributed by atoms with Crippen LogP contribution in [0.15, 0.2) is 34.7 Å². The summed E-state index contributed by atoms with van der Waals surface area (Å²) in [4.78, 5) is 11.4. The Morgan fingerprint density at radius 1 is 1.32 bits per heavy atom. The molecule has 2 rings (SSSR count). The van der Waals surface area contributed by atoms with Crippen molar-refractivity contribution in [3.63, 3.8) is 0 Å². The number of ether oxygens (including phenoxy) is 1. The van der Waals surface area contributed by atoms with Crippen LogP contribution in [0.2, 0.25) is 0 Å². The molecule has 0 saturated carbocycles. The van der Waals surface area contributed by atoms with Gasteiger partial charge in [0.2, 0.25) is 0 Å². The lowest BCUT2D eigenvalue weighted by molar-refractivity contribution is -0.140. The second-order valence-electron chi connectivity index (χ2n) is 3.75. The SMILES string of the molecule is CCCOC(=O)CSc1nnc(-c2ccccc2)s1. The number of aromatic nitrogens is 2. The minimum Gasteiger partial charge on any atom is -0.465 e.